The second-order valence-electron chi connectivity index (χ2n) is 1.35. The van der Waals surface area contributed by atoms with E-state index in [1.54, 1.807) is 0 Å². The Balaban J connectivity index is 3.45. The molecule has 1 N–H and O–H groups in total. The van der Waals surface area contributed by atoms with Crippen molar-refractivity contribution in [1.82, 2.24) is 5.09 Å². The van der Waals surface area contributed by atoms with Gasteiger partial charge in [0.2, 0.25) is 0 Å². The highest BCUT2D eigenvalue weighted by atomic mass is 31.0. The third kappa shape index (κ3) is 7.92. The lowest BCUT2D eigenvalue weighted by Gasteiger charge is -1.95. The third-order valence-corrected chi connectivity index (χ3v) is 0.778. The van der Waals surface area contributed by atoms with Crippen molar-refractivity contribution in [2.24, 2.45) is 0 Å². The van der Waals surface area contributed by atoms with Crippen LogP contribution in [0.4, 0.5) is 13.2 Å². The van der Waals surface area contributed by atoms with Gasteiger partial charge in [-0.2, -0.15) is 13.2 Å². The Morgan fingerprint density at radius 3 is 2.33 bits per heavy atom. The Kier molecular flexibility index (Phi) is 3.82. The van der Waals surface area contributed by atoms with Gasteiger partial charge in [0, 0.05) is 12.6 Å². The van der Waals surface area contributed by atoms with Gasteiger partial charge in [0.05, 0.1) is 0 Å². The van der Waals surface area contributed by atoms with Crippen LogP contribution in [0.2, 0.25) is 0 Å². The zero-order chi connectivity index (χ0) is 7.33. The SMILES string of the molecule is FC(F)(F)/C=C/CNP. The number of alkyl halides is 3. The Labute approximate surface area is 53.6 Å². The van der Waals surface area contributed by atoms with Gasteiger partial charge >= 0.3 is 6.18 Å². The first kappa shape index (κ1) is 8.92. The molecule has 0 amide bonds. The van der Waals surface area contributed by atoms with Gasteiger partial charge in [0.15, 0.2) is 0 Å². The fraction of sp³-hybridized carbons (Fsp3) is 0.500. The van der Waals surface area contributed by atoms with Crippen LogP contribution in [-0.2, 0) is 0 Å². The van der Waals surface area contributed by atoms with E-state index in [-0.39, 0.29) is 12.6 Å². The number of allylic oxidation sites excluding steroid dienone is 1. The molecule has 0 rings (SSSR count). The molecule has 9 heavy (non-hydrogen) atoms. The summed E-state index contributed by atoms with van der Waals surface area (Å²) < 4.78 is 33.8. The second kappa shape index (κ2) is 3.85. The Bertz CT molecular complexity index is 98.5. The van der Waals surface area contributed by atoms with Crippen molar-refractivity contribution in [1.29, 1.82) is 0 Å². The highest BCUT2D eigenvalue weighted by Crippen LogP contribution is 2.15. The molecule has 0 aromatic rings. The molecule has 0 aliphatic heterocycles. The first-order valence-electron chi connectivity index (χ1n) is 2.24. The number of halogens is 3. The van der Waals surface area contributed by atoms with Crippen LogP contribution >= 0.6 is 9.39 Å². The highest BCUT2D eigenvalue weighted by molar-refractivity contribution is 7.13. The van der Waals surface area contributed by atoms with E-state index in [1.807, 2.05) is 0 Å². The lowest BCUT2D eigenvalue weighted by molar-refractivity contribution is -0.0799. The maximum absolute atomic E-state index is 11.3. The van der Waals surface area contributed by atoms with Crippen LogP contribution in [0.1, 0.15) is 0 Å². The Morgan fingerprint density at radius 2 is 2.00 bits per heavy atom. The van der Waals surface area contributed by atoms with Gasteiger partial charge in [-0.3, -0.25) is 5.09 Å². The molecule has 0 heterocycles. The van der Waals surface area contributed by atoms with Crippen molar-refractivity contribution >= 4 is 9.39 Å². The number of hydrogen-bond acceptors (Lipinski definition) is 1. The molecule has 54 valence electrons. The fourth-order valence-electron chi connectivity index (χ4n) is 0.261. The van der Waals surface area contributed by atoms with E-state index in [0.29, 0.717) is 0 Å². The van der Waals surface area contributed by atoms with Crippen LogP contribution in [0.3, 0.4) is 0 Å². The van der Waals surface area contributed by atoms with Crippen LogP contribution in [-0.4, -0.2) is 12.7 Å². The first-order valence-corrected chi connectivity index (χ1v) is 2.82. The van der Waals surface area contributed by atoms with Gasteiger partial charge in [-0.05, 0) is 0 Å². The van der Waals surface area contributed by atoms with Crippen molar-refractivity contribution < 1.29 is 13.2 Å². The molecule has 0 spiro atoms. The van der Waals surface area contributed by atoms with Crippen molar-refractivity contribution in [3.8, 4) is 0 Å². The molecule has 5 heteroatoms. The molecule has 1 unspecified atom stereocenters. The summed E-state index contributed by atoms with van der Waals surface area (Å²) >= 11 is 0. The molecule has 0 fully saturated rings. The quantitative estimate of drug-likeness (QED) is 0.473. The lowest BCUT2D eigenvalue weighted by Crippen LogP contribution is -2.03. The molecular formula is C4H7F3NP. The van der Waals surface area contributed by atoms with E-state index in [0.717, 1.165) is 6.08 Å². The summed E-state index contributed by atoms with van der Waals surface area (Å²) in [6, 6.07) is 0. The number of hydrogen-bond donors (Lipinski definition) is 1. The highest BCUT2D eigenvalue weighted by Gasteiger charge is 2.21. The molecular weight excluding hydrogens is 150 g/mol. The summed E-state index contributed by atoms with van der Waals surface area (Å²) in [5.74, 6) is 0. The van der Waals surface area contributed by atoms with Crippen molar-refractivity contribution in [3.63, 3.8) is 0 Å². The second-order valence-corrected chi connectivity index (χ2v) is 1.76. The van der Waals surface area contributed by atoms with E-state index < -0.39 is 6.18 Å². The van der Waals surface area contributed by atoms with Gasteiger partial charge in [0.25, 0.3) is 0 Å². The van der Waals surface area contributed by atoms with Crippen LogP contribution in [0, 0.1) is 0 Å². The monoisotopic (exact) mass is 157 g/mol. The summed E-state index contributed by atoms with van der Waals surface area (Å²) in [5, 5.41) is 2.47. The van der Waals surface area contributed by atoms with Crippen LogP contribution < -0.4 is 5.09 Å². The van der Waals surface area contributed by atoms with Gasteiger partial charge in [-0.1, -0.05) is 15.5 Å². The van der Waals surface area contributed by atoms with Crippen LogP contribution in [0.5, 0.6) is 0 Å². The predicted octanol–water partition coefficient (Wildman–Crippen LogP) is 1.48. The molecule has 0 aromatic heterocycles. The Hall–Kier alpha value is -0.0800. The standard InChI is InChI=1S/C4H7F3NP/c5-4(6,7)2-1-3-8-9/h1-2,8H,3,9H2/b2-1+. The van der Waals surface area contributed by atoms with Gasteiger partial charge in [-0.25, -0.2) is 0 Å². The normalized spacial score (nSPS) is 12.9. The summed E-state index contributed by atoms with van der Waals surface area (Å²) in [6.45, 7) is 0.212. The third-order valence-electron chi connectivity index (χ3n) is 0.543. The molecule has 0 saturated carbocycles. The smallest absolute Gasteiger partial charge is 0.297 e. The summed E-state index contributed by atoms with van der Waals surface area (Å²) in [6.07, 6.45) is -2.97. The summed E-state index contributed by atoms with van der Waals surface area (Å²) in [7, 11) is 2.10. The zero-order valence-electron chi connectivity index (χ0n) is 4.57. The average Bonchev–Trinajstić information content (AvgIpc) is 1.63. The number of nitrogens with one attached hydrogen (secondary N) is 1. The summed E-state index contributed by atoms with van der Waals surface area (Å²) in [4.78, 5) is 0. The van der Waals surface area contributed by atoms with E-state index in [2.05, 4.69) is 14.5 Å². The minimum Gasteiger partial charge on any atom is -0.297 e. The zero-order valence-corrected chi connectivity index (χ0v) is 5.73. The largest absolute Gasteiger partial charge is 0.409 e. The van der Waals surface area contributed by atoms with E-state index >= 15 is 0 Å². The maximum atomic E-state index is 11.3. The van der Waals surface area contributed by atoms with Crippen molar-refractivity contribution in [2.75, 3.05) is 6.54 Å². The van der Waals surface area contributed by atoms with E-state index in [9.17, 15) is 13.2 Å². The van der Waals surface area contributed by atoms with Gasteiger partial charge in [-0.15, -0.1) is 0 Å². The van der Waals surface area contributed by atoms with Crippen LogP contribution in [0.15, 0.2) is 12.2 Å². The molecule has 0 saturated heterocycles. The average molecular weight is 157 g/mol. The molecule has 1 nitrogen and oxygen atoms in total. The molecule has 0 aliphatic rings. The number of rotatable bonds is 2. The predicted molar refractivity (Wildman–Crippen MR) is 32.9 cm³/mol. The topological polar surface area (TPSA) is 12.0 Å². The molecule has 1 atom stereocenters. The molecule has 0 bridgehead atoms. The first-order chi connectivity index (χ1) is 4.06. The van der Waals surface area contributed by atoms with Crippen LogP contribution in [0.25, 0.3) is 0 Å². The lowest BCUT2D eigenvalue weighted by atomic mass is 10.5. The molecule has 0 aliphatic carbocycles. The van der Waals surface area contributed by atoms with Crippen molar-refractivity contribution in [3.05, 3.63) is 12.2 Å². The Morgan fingerprint density at radius 1 is 1.44 bits per heavy atom. The van der Waals surface area contributed by atoms with E-state index in [1.165, 1.54) is 0 Å². The molecule has 0 aromatic carbocycles. The molecule has 0 radical (unpaired) electrons. The van der Waals surface area contributed by atoms with Gasteiger partial charge < -0.3 is 0 Å². The summed E-state index contributed by atoms with van der Waals surface area (Å²) in [5.41, 5.74) is 0. The van der Waals surface area contributed by atoms with E-state index in [4.69, 9.17) is 0 Å². The maximum Gasteiger partial charge on any atom is 0.409 e. The fourth-order valence-corrected chi connectivity index (χ4v) is 0.397. The minimum atomic E-state index is -4.18. The van der Waals surface area contributed by atoms with Crippen molar-refractivity contribution in [2.45, 2.75) is 6.18 Å². The van der Waals surface area contributed by atoms with Gasteiger partial charge in [0.1, 0.15) is 0 Å². The minimum absolute atomic E-state index is 0.198.